The Kier molecular flexibility index (Phi) is 63.9. The van der Waals surface area contributed by atoms with Crippen molar-refractivity contribution in [1.82, 2.24) is 0 Å². The van der Waals surface area contributed by atoms with Crippen molar-refractivity contribution in [1.29, 1.82) is 0 Å². The third kappa shape index (κ3) is 66.0. The number of esters is 3. The van der Waals surface area contributed by atoms with Crippen LogP contribution in [0.4, 0.5) is 0 Å². The molecule has 6 nitrogen and oxygen atoms in total. The van der Waals surface area contributed by atoms with Crippen LogP contribution in [0, 0.1) is 0 Å². The van der Waals surface area contributed by atoms with Crippen molar-refractivity contribution in [2.75, 3.05) is 13.2 Å². The molecule has 0 radical (unpaired) electrons. The van der Waals surface area contributed by atoms with Gasteiger partial charge in [-0.1, -0.05) is 295 Å². The van der Waals surface area contributed by atoms with Crippen LogP contribution in [0.3, 0.4) is 0 Å². The quantitative estimate of drug-likeness (QED) is 0.0261. The number of hydrogen-bond donors (Lipinski definition) is 0. The molecule has 0 heterocycles. The second-order valence-electron chi connectivity index (χ2n) is 21.6. The van der Waals surface area contributed by atoms with Crippen LogP contribution in [0.5, 0.6) is 0 Å². The Morgan fingerprint density at radius 3 is 0.864 bits per heavy atom. The standard InChI is InChI=1S/C75H122O6/c1-4-7-10-13-16-19-22-25-28-30-32-33-34-35-36-37-38-39-40-41-43-44-47-50-53-56-59-62-65-68-74(77)80-71-72(70-79-73(76)67-64-61-58-55-52-49-46-27-24-21-18-15-12-9-6-3)81-75(78)69-66-63-60-57-54-51-48-45-42-31-29-26-23-20-17-14-11-8-5-2/h7,9-10,12,16-21,25-29,32-33,35-36,46,52,55,61,64,72H,4-6,8,11,13-15,22-24,30-31,34,37-45,47-51,53-54,56-60,62-63,65-71H2,1-3H3/b10-7-,12-9-,19-16-,20-17-,21-18-,28-25-,29-26-,33-32-,36-35-,46-27-,55-52-,64-61-. The van der Waals surface area contributed by atoms with Crippen LogP contribution in [0.1, 0.15) is 290 Å². The van der Waals surface area contributed by atoms with E-state index in [4.69, 9.17) is 14.2 Å². The van der Waals surface area contributed by atoms with Crippen molar-refractivity contribution in [3.8, 4) is 0 Å². The second-order valence-corrected chi connectivity index (χ2v) is 21.6. The highest BCUT2D eigenvalue weighted by molar-refractivity contribution is 5.72. The Labute approximate surface area is 499 Å². The summed E-state index contributed by atoms with van der Waals surface area (Å²) in [5.74, 6) is -1.05. The molecule has 0 saturated carbocycles. The molecule has 0 amide bonds. The van der Waals surface area contributed by atoms with Gasteiger partial charge in [-0.2, -0.15) is 0 Å². The van der Waals surface area contributed by atoms with Gasteiger partial charge in [0.05, 0.1) is 6.42 Å². The van der Waals surface area contributed by atoms with Crippen LogP contribution in [-0.4, -0.2) is 37.2 Å². The SMILES string of the molecule is CC/C=C\C/C=C\C/C=C\C/C=C\C/C=C\CCCCCCCCCCCCCCCC(=O)OCC(COC(=O)C/C=C\C/C=C\C/C=C\C/C=C\C/C=C\CC)OC(=O)CCCCCCCCCCC/C=C\C/C=C\CCCCC. The predicted molar refractivity (Wildman–Crippen MR) is 352 cm³/mol. The number of carbonyl (C=O) groups excluding carboxylic acids is 3. The van der Waals surface area contributed by atoms with E-state index in [2.05, 4.69) is 154 Å². The van der Waals surface area contributed by atoms with E-state index in [1.165, 1.54) is 141 Å². The monoisotopic (exact) mass is 1120 g/mol. The lowest BCUT2D eigenvalue weighted by atomic mass is 10.0. The van der Waals surface area contributed by atoms with Gasteiger partial charge in [-0.25, -0.2) is 0 Å². The van der Waals surface area contributed by atoms with Crippen LogP contribution in [-0.2, 0) is 28.6 Å². The van der Waals surface area contributed by atoms with Crippen LogP contribution < -0.4 is 0 Å². The first-order chi connectivity index (χ1) is 40.0. The molecule has 81 heavy (non-hydrogen) atoms. The fourth-order valence-electron chi connectivity index (χ4n) is 8.93. The molecule has 1 unspecified atom stereocenters. The molecule has 0 fully saturated rings. The van der Waals surface area contributed by atoms with E-state index in [0.717, 1.165) is 109 Å². The number of carbonyl (C=O) groups is 3. The van der Waals surface area contributed by atoms with Crippen LogP contribution in [0.25, 0.3) is 0 Å². The molecule has 0 aromatic rings. The Bertz CT molecular complexity index is 1760. The lowest BCUT2D eigenvalue weighted by Crippen LogP contribution is -2.30. The first-order valence-corrected chi connectivity index (χ1v) is 33.3. The van der Waals surface area contributed by atoms with Crippen LogP contribution >= 0.6 is 0 Å². The van der Waals surface area contributed by atoms with E-state index in [0.29, 0.717) is 12.8 Å². The van der Waals surface area contributed by atoms with E-state index in [1.54, 1.807) is 6.08 Å². The van der Waals surface area contributed by atoms with Crippen molar-refractivity contribution >= 4 is 17.9 Å². The molecule has 0 aromatic heterocycles. The average molecular weight is 1120 g/mol. The molecule has 0 N–H and O–H groups in total. The Morgan fingerprint density at radius 2 is 0.531 bits per heavy atom. The van der Waals surface area contributed by atoms with Gasteiger partial charge in [-0.05, 0) is 122 Å². The smallest absolute Gasteiger partial charge is 0.309 e. The summed E-state index contributed by atoms with van der Waals surface area (Å²) in [5, 5.41) is 0. The predicted octanol–water partition coefficient (Wildman–Crippen LogP) is 23.1. The lowest BCUT2D eigenvalue weighted by molar-refractivity contribution is -0.166. The second kappa shape index (κ2) is 67.8. The van der Waals surface area contributed by atoms with Crippen molar-refractivity contribution in [3.63, 3.8) is 0 Å². The highest BCUT2D eigenvalue weighted by atomic mass is 16.6. The van der Waals surface area contributed by atoms with Gasteiger partial charge < -0.3 is 14.2 Å². The minimum Gasteiger partial charge on any atom is -0.462 e. The summed E-state index contributed by atoms with van der Waals surface area (Å²) in [6, 6.07) is 0. The molecule has 0 rings (SSSR count). The highest BCUT2D eigenvalue weighted by Gasteiger charge is 2.19. The Morgan fingerprint density at radius 1 is 0.272 bits per heavy atom. The van der Waals surface area contributed by atoms with Crippen molar-refractivity contribution in [2.45, 2.75) is 297 Å². The molecule has 0 aliphatic carbocycles. The lowest BCUT2D eigenvalue weighted by Gasteiger charge is -2.18. The highest BCUT2D eigenvalue weighted by Crippen LogP contribution is 2.16. The third-order valence-electron chi connectivity index (χ3n) is 13.8. The maximum atomic E-state index is 12.9. The molecule has 0 aromatic carbocycles. The third-order valence-corrected chi connectivity index (χ3v) is 13.8. The summed E-state index contributed by atoms with van der Waals surface area (Å²) in [6.45, 7) is 6.31. The number of allylic oxidation sites excluding steroid dienone is 23. The molecule has 0 aliphatic rings. The van der Waals surface area contributed by atoms with E-state index in [-0.39, 0.29) is 31.6 Å². The van der Waals surface area contributed by atoms with Gasteiger partial charge >= 0.3 is 17.9 Å². The number of rotatable bonds is 59. The number of hydrogen-bond acceptors (Lipinski definition) is 6. The summed E-state index contributed by atoms with van der Waals surface area (Å²) in [6.07, 6.45) is 97.4. The molecule has 6 heteroatoms. The van der Waals surface area contributed by atoms with Crippen molar-refractivity contribution in [2.24, 2.45) is 0 Å². The topological polar surface area (TPSA) is 78.9 Å². The first-order valence-electron chi connectivity index (χ1n) is 33.3. The van der Waals surface area contributed by atoms with Gasteiger partial charge in [0.25, 0.3) is 0 Å². The molecule has 1 atom stereocenters. The van der Waals surface area contributed by atoms with E-state index in [9.17, 15) is 14.4 Å². The minimum atomic E-state index is -0.827. The zero-order chi connectivity index (χ0) is 58.5. The fourth-order valence-corrected chi connectivity index (χ4v) is 8.93. The maximum absolute atomic E-state index is 12.9. The molecule has 0 bridgehead atoms. The number of unbranched alkanes of at least 4 members (excludes halogenated alkanes) is 25. The van der Waals surface area contributed by atoms with Gasteiger partial charge in [0.2, 0.25) is 0 Å². The molecule has 458 valence electrons. The molecular weight excluding hydrogens is 997 g/mol. The Balaban J connectivity index is 4.38. The first kappa shape index (κ1) is 76.3. The summed E-state index contributed by atoms with van der Waals surface area (Å²) in [5.41, 5.74) is 0. The normalized spacial score (nSPS) is 13.1. The summed E-state index contributed by atoms with van der Waals surface area (Å²) in [7, 11) is 0. The van der Waals surface area contributed by atoms with E-state index in [1.807, 2.05) is 6.08 Å². The Hall–Kier alpha value is -4.71. The molecule has 0 saturated heterocycles. The zero-order valence-corrected chi connectivity index (χ0v) is 52.5. The van der Waals surface area contributed by atoms with E-state index < -0.39 is 12.1 Å². The molecular formula is C75H122O6. The van der Waals surface area contributed by atoms with Gasteiger partial charge in [0.1, 0.15) is 13.2 Å². The number of ether oxygens (including phenoxy) is 3. The summed E-state index contributed by atoms with van der Waals surface area (Å²) >= 11 is 0. The van der Waals surface area contributed by atoms with Crippen molar-refractivity contribution in [3.05, 3.63) is 146 Å². The minimum absolute atomic E-state index is 0.114. The summed E-state index contributed by atoms with van der Waals surface area (Å²) < 4.78 is 16.8. The van der Waals surface area contributed by atoms with E-state index >= 15 is 0 Å². The summed E-state index contributed by atoms with van der Waals surface area (Å²) in [4.78, 5) is 38.3. The molecule has 0 aliphatic heterocycles. The molecule has 0 spiro atoms. The van der Waals surface area contributed by atoms with Gasteiger partial charge in [-0.3, -0.25) is 14.4 Å². The van der Waals surface area contributed by atoms with Crippen LogP contribution in [0.2, 0.25) is 0 Å². The van der Waals surface area contributed by atoms with Gasteiger partial charge in [-0.15, -0.1) is 0 Å². The largest absolute Gasteiger partial charge is 0.462 e. The van der Waals surface area contributed by atoms with Crippen molar-refractivity contribution < 1.29 is 28.6 Å². The average Bonchev–Trinajstić information content (AvgIpc) is 3.47. The van der Waals surface area contributed by atoms with Gasteiger partial charge in [0.15, 0.2) is 6.10 Å². The maximum Gasteiger partial charge on any atom is 0.309 e. The zero-order valence-electron chi connectivity index (χ0n) is 52.5. The fraction of sp³-hybridized carbons (Fsp3) is 0.640. The van der Waals surface area contributed by atoms with Crippen LogP contribution in [0.15, 0.2) is 146 Å². The van der Waals surface area contributed by atoms with Gasteiger partial charge in [0, 0.05) is 12.8 Å².